The number of hydrogen-bond donors (Lipinski definition) is 0. The first kappa shape index (κ1) is 10.8. The number of carbonyl (C=O) groups is 1. The van der Waals surface area contributed by atoms with Crippen LogP contribution in [0, 0.1) is 0 Å². The first-order chi connectivity index (χ1) is 8.79. The van der Waals surface area contributed by atoms with Gasteiger partial charge in [-0.15, -0.1) is 11.3 Å². The minimum absolute atomic E-state index is 0.295. The van der Waals surface area contributed by atoms with E-state index in [9.17, 15) is 4.79 Å². The first-order valence-electron chi connectivity index (χ1n) is 5.42. The largest absolute Gasteiger partial charge is 0.361 e. The van der Waals surface area contributed by atoms with Crippen molar-refractivity contribution >= 4 is 43.5 Å². The van der Waals surface area contributed by atoms with Crippen LogP contribution in [0.1, 0.15) is 10.4 Å². The van der Waals surface area contributed by atoms with Crippen LogP contribution >= 0.6 is 11.3 Å². The van der Waals surface area contributed by atoms with Gasteiger partial charge in [0.1, 0.15) is 0 Å². The number of thiophene rings is 1. The average Bonchev–Trinajstić information content (AvgIpc) is 2.76. The molecule has 0 aliphatic rings. The SMILES string of the molecule is [N-]=[N+]=CC(=O)c1ccc2c(c1)sc1ccccc12. The van der Waals surface area contributed by atoms with E-state index in [-0.39, 0.29) is 5.78 Å². The van der Waals surface area contributed by atoms with Crippen LogP contribution in [0.3, 0.4) is 0 Å². The Bertz CT molecular complexity index is 813. The summed E-state index contributed by atoms with van der Waals surface area (Å²) in [6.45, 7) is 0. The van der Waals surface area contributed by atoms with Crippen molar-refractivity contribution in [2.24, 2.45) is 0 Å². The fourth-order valence-corrected chi connectivity index (χ4v) is 3.15. The van der Waals surface area contributed by atoms with Crippen LogP contribution in [0.4, 0.5) is 0 Å². The van der Waals surface area contributed by atoms with Crippen LogP contribution in [-0.4, -0.2) is 16.8 Å². The topological polar surface area (TPSA) is 53.5 Å². The van der Waals surface area contributed by atoms with E-state index in [0.717, 1.165) is 16.3 Å². The Morgan fingerprint density at radius 2 is 1.89 bits per heavy atom. The Balaban J connectivity index is 2.27. The summed E-state index contributed by atoms with van der Waals surface area (Å²) in [6.07, 6.45) is 0.911. The monoisotopic (exact) mass is 252 g/mol. The van der Waals surface area contributed by atoms with Gasteiger partial charge in [0.2, 0.25) is 0 Å². The number of Topliss-reactive ketones (excluding diaryl/α,β-unsaturated/α-hetero) is 1. The van der Waals surface area contributed by atoms with E-state index in [4.69, 9.17) is 5.53 Å². The molecule has 0 aliphatic carbocycles. The summed E-state index contributed by atoms with van der Waals surface area (Å²) in [5, 5.41) is 2.35. The van der Waals surface area contributed by atoms with Crippen LogP contribution in [-0.2, 0) is 0 Å². The summed E-state index contributed by atoms with van der Waals surface area (Å²) in [5.41, 5.74) is 8.91. The average molecular weight is 252 g/mol. The fourth-order valence-electron chi connectivity index (χ4n) is 2.01. The van der Waals surface area contributed by atoms with Gasteiger partial charge in [-0.25, -0.2) is 0 Å². The van der Waals surface area contributed by atoms with Crippen LogP contribution in [0.15, 0.2) is 42.5 Å². The summed E-state index contributed by atoms with van der Waals surface area (Å²) < 4.78 is 2.27. The van der Waals surface area contributed by atoms with Crippen LogP contribution in [0.2, 0.25) is 0 Å². The Kier molecular flexibility index (Phi) is 2.52. The number of fused-ring (bicyclic) bond motifs is 3. The summed E-state index contributed by atoms with van der Waals surface area (Å²) >= 11 is 1.65. The Morgan fingerprint density at radius 3 is 2.72 bits per heavy atom. The maximum atomic E-state index is 11.6. The van der Waals surface area contributed by atoms with Crippen LogP contribution < -0.4 is 0 Å². The molecule has 3 nitrogen and oxygen atoms in total. The second-order valence-corrected chi connectivity index (χ2v) is 5.00. The smallest absolute Gasteiger partial charge is 0.328 e. The predicted octanol–water partition coefficient (Wildman–Crippen LogP) is 3.54. The zero-order chi connectivity index (χ0) is 12.5. The highest BCUT2D eigenvalue weighted by atomic mass is 32.1. The highest BCUT2D eigenvalue weighted by Gasteiger charge is 2.10. The second kappa shape index (κ2) is 4.18. The second-order valence-electron chi connectivity index (χ2n) is 3.92. The summed E-state index contributed by atoms with van der Waals surface area (Å²) in [6, 6.07) is 13.7. The molecular formula is C14H8N2OS. The maximum Gasteiger partial charge on any atom is 0.328 e. The van der Waals surface area contributed by atoms with E-state index in [0.29, 0.717) is 5.56 Å². The zero-order valence-electron chi connectivity index (χ0n) is 9.33. The molecule has 0 amide bonds. The standard InChI is InChI=1S/C14H8N2OS/c15-16-8-12(17)9-5-6-11-10-3-1-2-4-13(10)18-14(11)7-9/h1-8H. The number of hydrogen-bond acceptors (Lipinski definition) is 2. The van der Waals surface area contributed by atoms with Gasteiger partial charge in [-0.05, 0) is 12.1 Å². The van der Waals surface area contributed by atoms with E-state index < -0.39 is 0 Å². The highest BCUT2D eigenvalue weighted by molar-refractivity contribution is 7.25. The molecule has 3 rings (SSSR count). The molecule has 0 saturated heterocycles. The first-order valence-corrected chi connectivity index (χ1v) is 6.24. The lowest BCUT2D eigenvalue weighted by Crippen LogP contribution is -1.99. The Hall–Kier alpha value is -2.29. The number of nitrogens with zero attached hydrogens (tertiary/aromatic N) is 2. The molecule has 0 radical (unpaired) electrons. The van der Waals surface area contributed by atoms with Gasteiger partial charge in [-0.3, -0.25) is 4.79 Å². The third kappa shape index (κ3) is 1.64. The third-order valence-electron chi connectivity index (χ3n) is 2.84. The van der Waals surface area contributed by atoms with Crippen molar-refractivity contribution in [3.63, 3.8) is 0 Å². The van der Waals surface area contributed by atoms with Crippen molar-refractivity contribution in [3.8, 4) is 0 Å². The normalized spacial score (nSPS) is 10.4. The van der Waals surface area contributed by atoms with Gasteiger partial charge in [-0.2, -0.15) is 4.79 Å². The number of benzene rings is 2. The van der Waals surface area contributed by atoms with Crippen LogP contribution in [0.25, 0.3) is 25.7 Å². The van der Waals surface area contributed by atoms with Gasteiger partial charge in [0.05, 0.1) is 0 Å². The van der Waals surface area contributed by atoms with E-state index in [1.165, 1.54) is 10.1 Å². The van der Waals surface area contributed by atoms with Gasteiger partial charge >= 0.3 is 6.21 Å². The molecule has 0 bridgehead atoms. The van der Waals surface area contributed by atoms with E-state index >= 15 is 0 Å². The Labute approximate surface area is 107 Å². The molecule has 0 fully saturated rings. The van der Waals surface area contributed by atoms with Crippen molar-refractivity contribution in [1.82, 2.24) is 0 Å². The molecule has 86 valence electrons. The number of carbonyl (C=O) groups excluding carboxylic acids is 1. The lowest BCUT2D eigenvalue weighted by Gasteiger charge is -1.94. The number of rotatable bonds is 2. The van der Waals surface area contributed by atoms with Crippen LogP contribution in [0.5, 0.6) is 0 Å². The summed E-state index contributed by atoms with van der Waals surface area (Å²) in [7, 11) is 0. The lowest BCUT2D eigenvalue weighted by atomic mass is 10.1. The summed E-state index contributed by atoms with van der Waals surface area (Å²) in [4.78, 5) is 14.4. The summed E-state index contributed by atoms with van der Waals surface area (Å²) in [5.74, 6) is -0.295. The van der Waals surface area contributed by atoms with Gasteiger partial charge in [0, 0.05) is 25.7 Å². The molecule has 1 heterocycles. The zero-order valence-corrected chi connectivity index (χ0v) is 10.1. The molecule has 3 aromatic rings. The van der Waals surface area contributed by atoms with Crippen molar-refractivity contribution < 1.29 is 9.58 Å². The molecule has 0 aliphatic heterocycles. The number of ketones is 1. The fraction of sp³-hybridized carbons (Fsp3) is 0. The molecule has 18 heavy (non-hydrogen) atoms. The maximum absolute atomic E-state index is 11.6. The molecular weight excluding hydrogens is 244 g/mol. The minimum Gasteiger partial charge on any atom is -0.361 e. The third-order valence-corrected chi connectivity index (χ3v) is 3.97. The molecule has 0 atom stereocenters. The molecule has 2 aromatic carbocycles. The van der Waals surface area contributed by atoms with Crippen molar-refractivity contribution in [3.05, 3.63) is 53.6 Å². The molecule has 0 spiro atoms. The molecule has 0 saturated carbocycles. The Morgan fingerprint density at radius 1 is 1.11 bits per heavy atom. The minimum atomic E-state index is -0.295. The lowest BCUT2D eigenvalue weighted by molar-refractivity contribution is 0.00235. The van der Waals surface area contributed by atoms with E-state index in [2.05, 4.69) is 16.9 Å². The van der Waals surface area contributed by atoms with Crippen molar-refractivity contribution in [2.75, 3.05) is 0 Å². The molecule has 4 heteroatoms. The molecule has 1 aromatic heterocycles. The van der Waals surface area contributed by atoms with E-state index in [1.807, 2.05) is 24.3 Å². The van der Waals surface area contributed by atoms with Crippen molar-refractivity contribution in [2.45, 2.75) is 0 Å². The van der Waals surface area contributed by atoms with Gasteiger partial charge in [0.15, 0.2) is 0 Å². The highest BCUT2D eigenvalue weighted by Crippen LogP contribution is 2.33. The quantitative estimate of drug-likeness (QED) is 0.298. The molecule has 0 N–H and O–H groups in total. The van der Waals surface area contributed by atoms with Crippen molar-refractivity contribution in [1.29, 1.82) is 0 Å². The van der Waals surface area contributed by atoms with Gasteiger partial charge in [-0.1, -0.05) is 30.3 Å². The van der Waals surface area contributed by atoms with E-state index in [1.54, 1.807) is 17.4 Å². The van der Waals surface area contributed by atoms with Gasteiger partial charge in [0.25, 0.3) is 5.78 Å². The predicted molar refractivity (Wildman–Crippen MR) is 73.3 cm³/mol. The van der Waals surface area contributed by atoms with Gasteiger partial charge < -0.3 is 5.53 Å². The molecule has 0 unspecified atom stereocenters.